The van der Waals surface area contributed by atoms with Gasteiger partial charge in [0, 0.05) is 61.7 Å². The lowest BCUT2D eigenvalue weighted by Crippen LogP contribution is -2.44. The van der Waals surface area contributed by atoms with E-state index in [2.05, 4.69) is 44.3 Å². The summed E-state index contributed by atoms with van der Waals surface area (Å²) in [5.74, 6) is 0.392. The number of para-hydroxylation sites is 1. The highest BCUT2D eigenvalue weighted by Crippen LogP contribution is 2.25. The predicted molar refractivity (Wildman–Crippen MR) is 146 cm³/mol. The molecule has 0 spiro atoms. The Morgan fingerprint density at radius 3 is 2.35 bits per heavy atom. The van der Waals surface area contributed by atoms with Crippen molar-refractivity contribution in [2.24, 2.45) is 0 Å². The van der Waals surface area contributed by atoms with Crippen LogP contribution < -0.4 is 15.8 Å². The highest BCUT2D eigenvalue weighted by molar-refractivity contribution is 5.90. The predicted octanol–water partition coefficient (Wildman–Crippen LogP) is 3.73. The van der Waals surface area contributed by atoms with Crippen LogP contribution in [0.15, 0.2) is 90.1 Å². The zero-order valence-corrected chi connectivity index (χ0v) is 20.5. The number of fused-ring (bicyclic) bond motifs is 1. The average Bonchev–Trinajstić information content (AvgIpc) is 2.95. The number of hydrogen-bond acceptors (Lipinski definition) is 8. The first kappa shape index (κ1) is 22.8. The van der Waals surface area contributed by atoms with E-state index >= 15 is 0 Å². The molecule has 0 aliphatic carbocycles. The van der Waals surface area contributed by atoms with Crippen LogP contribution in [0.4, 0.5) is 17.3 Å². The standard InChI is InChI=1S/C28H26N8O/c1-34-14-16-35(17-15-34)22-11-9-21(10-12-22)31-28-30-19-24-26(32-28)25(20-6-5-13-29-18-20)33-36(27(24)37)23-7-3-2-4-8-23/h2-13,18-19H,14-17H2,1H3,(H,30,31,32). The van der Waals surface area contributed by atoms with Gasteiger partial charge in [-0.3, -0.25) is 9.78 Å². The number of benzene rings is 2. The molecule has 0 atom stereocenters. The van der Waals surface area contributed by atoms with Gasteiger partial charge in [-0.25, -0.2) is 9.97 Å². The van der Waals surface area contributed by atoms with E-state index in [9.17, 15) is 4.79 Å². The summed E-state index contributed by atoms with van der Waals surface area (Å²) in [6.07, 6.45) is 4.98. The zero-order chi connectivity index (χ0) is 25.2. The van der Waals surface area contributed by atoms with Crippen molar-refractivity contribution in [3.63, 3.8) is 0 Å². The van der Waals surface area contributed by atoms with Crippen LogP contribution in [-0.2, 0) is 0 Å². The lowest BCUT2D eigenvalue weighted by atomic mass is 10.1. The van der Waals surface area contributed by atoms with Gasteiger partial charge in [0.2, 0.25) is 5.95 Å². The SMILES string of the molecule is CN1CCN(c2ccc(Nc3ncc4c(=O)n(-c5ccccc5)nc(-c5cccnc5)c4n3)cc2)CC1. The Morgan fingerprint density at radius 1 is 0.838 bits per heavy atom. The molecule has 0 bridgehead atoms. The Bertz CT molecular complexity index is 1580. The minimum absolute atomic E-state index is 0.281. The quantitative estimate of drug-likeness (QED) is 0.399. The monoisotopic (exact) mass is 490 g/mol. The Morgan fingerprint density at radius 2 is 1.62 bits per heavy atom. The molecule has 0 radical (unpaired) electrons. The fraction of sp³-hybridized carbons (Fsp3) is 0.179. The maximum atomic E-state index is 13.4. The van der Waals surface area contributed by atoms with E-state index in [1.54, 1.807) is 18.6 Å². The van der Waals surface area contributed by atoms with Gasteiger partial charge in [0.15, 0.2) is 0 Å². The molecule has 9 heteroatoms. The first-order chi connectivity index (χ1) is 18.2. The minimum Gasteiger partial charge on any atom is -0.369 e. The van der Waals surface area contributed by atoms with Crippen LogP contribution in [-0.4, -0.2) is 62.9 Å². The van der Waals surface area contributed by atoms with Crippen molar-refractivity contribution in [1.29, 1.82) is 0 Å². The molecule has 1 N–H and O–H groups in total. The summed E-state index contributed by atoms with van der Waals surface area (Å²) in [6.45, 7) is 4.15. The van der Waals surface area contributed by atoms with Crippen molar-refractivity contribution in [2.75, 3.05) is 43.4 Å². The summed E-state index contributed by atoms with van der Waals surface area (Å²) in [7, 11) is 2.15. The second-order valence-electron chi connectivity index (χ2n) is 9.06. The van der Waals surface area contributed by atoms with Gasteiger partial charge in [0.1, 0.15) is 11.2 Å². The van der Waals surface area contributed by atoms with Crippen LogP contribution in [0.1, 0.15) is 0 Å². The lowest BCUT2D eigenvalue weighted by Gasteiger charge is -2.34. The molecule has 184 valence electrons. The highest BCUT2D eigenvalue weighted by atomic mass is 16.1. The molecule has 0 saturated carbocycles. The van der Waals surface area contributed by atoms with Crippen molar-refractivity contribution in [2.45, 2.75) is 0 Å². The molecule has 4 heterocycles. The van der Waals surface area contributed by atoms with E-state index in [1.165, 1.54) is 10.4 Å². The minimum atomic E-state index is -0.281. The molecular formula is C28H26N8O. The number of anilines is 3. The summed E-state index contributed by atoms with van der Waals surface area (Å²) >= 11 is 0. The number of pyridine rings is 1. The van der Waals surface area contributed by atoms with E-state index in [-0.39, 0.29) is 5.56 Å². The summed E-state index contributed by atoms with van der Waals surface area (Å²) in [5, 5.41) is 8.35. The van der Waals surface area contributed by atoms with E-state index in [0.29, 0.717) is 28.2 Å². The van der Waals surface area contributed by atoms with Crippen LogP contribution in [0.2, 0.25) is 0 Å². The molecule has 3 aromatic heterocycles. The summed E-state index contributed by atoms with van der Waals surface area (Å²) in [6, 6.07) is 21.3. The molecule has 1 fully saturated rings. The summed E-state index contributed by atoms with van der Waals surface area (Å²) in [5.41, 5.74) is 4.24. The normalized spacial score (nSPS) is 14.1. The third kappa shape index (κ3) is 4.64. The molecule has 0 unspecified atom stereocenters. The molecule has 1 saturated heterocycles. The van der Waals surface area contributed by atoms with Gasteiger partial charge < -0.3 is 15.1 Å². The van der Waals surface area contributed by atoms with E-state index in [4.69, 9.17) is 10.1 Å². The van der Waals surface area contributed by atoms with Gasteiger partial charge >= 0.3 is 0 Å². The van der Waals surface area contributed by atoms with E-state index < -0.39 is 0 Å². The van der Waals surface area contributed by atoms with Crippen LogP contribution in [0, 0.1) is 0 Å². The Labute approximate surface area is 214 Å². The first-order valence-electron chi connectivity index (χ1n) is 12.2. The highest BCUT2D eigenvalue weighted by Gasteiger charge is 2.17. The van der Waals surface area contributed by atoms with Crippen molar-refractivity contribution in [1.82, 2.24) is 29.6 Å². The van der Waals surface area contributed by atoms with Crippen molar-refractivity contribution in [3.8, 4) is 16.9 Å². The van der Waals surface area contributed by atoms with E-state index in [0.717, 1.165) is 37.4 Å². The fourth-order valence-electron chi connectivity index (χ4n) is 4.48. The van der Waals surface area contributed by atoms with Crippen LogP contribution >= 0.6 is 0 Å². The Hall–Kier alpha value is -4.63. The van der Waals surface area contributed by atoms with Crippen LogP contribution in [0.25, 0.3) is 27.8 Å². The molecule has 0 amide bonds. The molecule has 2 aromatic carbocycles. The Kier molecular flexibility index (Phi) is 6.03. The van der Waals surface area contributed by atoms with Gasteiger partial charge in [0.25, 0.3) is 5.56 Å². The topological polar surface area (TPSA) is 92.1 Å². The zero-order valence-electron chi connectivity index (χ0n) is 20.5. The van der Waals surface area contributed by atoms with Gasteiger partial charge in [-0.1, -0.05) is 18.2 Å². The van der Waals surface area contributed by atoms with Gasteiger partial charge in [-0.2, -0.15) is 9.78 Å². The smallest absolute Gasteiger partial charge is 0.282 e. The first-order valence-corrected chi connectivity index (χ1v) is 12.2. The lowest BCUT2D eigenvalue weighted by molar-refractivity contribution is 0.313. The number of aromatic nitrogens is 5. The van der Waals surface area contributed by atoms with Gasteiger partial charge in [-0.05, 0) is 55.6 Å². The third-order valence-electron chi connectivity index (χ3n) is 6.56. The maximum Gasteiger partial charge on any atom is 0.282 e. The van der Waals surface area contributed by atoms with Gasteiger partial charge in [-0.15, -0.1) is 0 Å². The third-order valence-corrected chi connectivity index (χ3v) is 6.56. The van der Waals surface area contributed by atoms with Gasteiger partial charge in [0.05, 0.1) is 11.1 Å². The number of rotatable bonds is 5. The summed E-state index contributed by atoms with van der Waals surface area (Å²) in [4.78, 5) is 31.5. The van der Waals surface area contributed by atoms with Crippen molar-refractivity contribution >= 4 is 28.2 Å². The fourth-order valence-corrected chi connectivity index (χ4v) is 4.48. The second-order valence-corrected chi connectivity index (χ2v) is 9.06. The second kappa shape index (κ2) is 9.79. The molecule has 1 aliphatic heterocycles. The number of nitrogens with one attached hydrogen (secondary N) is 1. The Balaban J connectivity index is 1.37. The molecule has 1 aliphatic rings. The molecular weight excluding hydrogens is 464 g/mol. The largest absolute Gasteiger partial charge is 0.369 e. The van der Waals surface area contributed by atoms with Crippen molar-refractivity contribution in [3.05, 3.63) is 95.7 Å². The van der Waals surface area contributed by atoms with Crippen molar-refractivity contribution < 1.29 is 0 Å². The maximum absolute atomic E-state index is 13.4. The van der Waals surface area contributed by atoms with Crippen LogP contribution in [0.5, 0.6) is 0 Å². The molecule has 37 heavy (non-hydrogen) atoms. The number of likely N-dealkylation sites (N-methyl/N-ethyl adjacent to an activating group) is 1. The van der Waals surface area contributed by atoms with Crippen LogP contribution in [0.3, 0.4) is 0 Å². The number of piperazine rings is 1. The molecule has 6 rings (SSSR count). The average molecular weight is 491 g/mol. The molecule has 9 nitrogen and oxygen atoms in total. The summed E-state index contributed by atoms with van der Waals surface area (Å²) < 4.78 is 1.39. The number of hydrogen-bond donors (Lipinski definition) is 1. The molecule has 5 aromatic rings. The number of nitrogens with zero attached hydrogens (tertiary/aromatic N) is 7. The van der Waals surface area contributed by atoms with E-state index in [1.807, 2.05) is 54.6 Å².